The van der Waals surface area contributed by atoms with Crippen LogP contribution in [0.5, 0.6) is 5.75 Å². The van der Waals surface area contributed by atoms with E-state index in [-0.39, 0.29) is 30.3 Å². The molecule has 5 rings (SSSR count). The van der Waals surface area contributed by atoms with Crippen LogP contribution in [0.1, 0.15) is 18.5 Å². The summed E-state index contributed by atoms with van der Waals surface area (Å²) in [7, 11) is 0. The number of hydrogen-bond acceptors (Lipinski definition) is 7. The highest BCUT2D eigenvalue weighted by molar-refractivity contribution is 5.85. The molecule has 4 heterocycles. The fourth-order valence-corrected chi connectivity index (χ4v) is 4.82. The lowest BCUT2D eigenvalue weighted by Crippen LogP contribution is -2.40. The Labute approximate surface area is 188 Å². The van der Waals surface area contributed by atoms with E-state index in [2.05, 4.69) is 4.98 Å². The van der Waals surface area contributed by atoms with Crippen molar-refractivity contribution in [3.63, 3.8) is 0 Å². The van der Waals surface area contributed by atoms with Crippen molar-refractivity contribution in [2.45, 2.75) is 44.8 Å². The molecule has 0 aliphatic carbocycles. The Morgan fingerprint density at radius 2 is 2.12 bits per heavy atom. The zero-order chi connectivity index (χ0) is 23.3. The number of imidazole rings is 1. The lowest BCUT2D eigenvalue weighted by molar-refractivity contribution is -0.119. The Morgan fingerprint density at radius 1 is 1.30 bits per heavy atom. The summed E-state index contributed by atoms with van der Waals surface area (Å²) in [4.78, 5) is 30.9. The standard InChI is InChI=1S/C22H23F2N5O4/c1-12-21(29-16(19(23)24)11-33-18(29)10-30)26-22-14-5-4-13(9-17(14)32-8-7-27(12)22)28-6-2-3-15(28)20(25)31/h4-5,9,15-16,19H,2-3,6-8,11H2,1H3,(H2,25,31)/t15-,16-/m0/s1. The van der Waals surface area contributed by atoms with E-state index in [1.807, 2.05) is 27.7 Å². The van der Waals surface area contributed by atoms with Crippen LogP contribution in [0, 0.1) is 6.92 Å². The number of ether oxygens (including phenoxy) is 2. The Bertz CT molecular complexity index is 1160. The van der Waals surface area contributed by atoms with Crippen LogP contribution in [-0.4, -0.2) is 59.7 Å². The van der Waals surface area contributed by atoms with Crippen molar-refractivity contribution in [1.82, 2.24) is 9.55 Å². The minimum Gasteiger partial charge on any atom is -0.491 e. The van der Waals surface area contributed by atoms with Gasteiger partial charge in [0.25, 0.3) is 12.3 Å². The highest BCUT2D eigenvalue weighted by Crippen LogP contribution is 2.41. The van der Waals surface area contributed by atoms with Gasteiger partial charge in [0.1, 0.15) is 36.9 Å². The third-order valence-electron chi connectivity index (χ3n) is 6.43. The number of rotatable bonds is 4. The number of benzene rings is 1. The number of aromatic nitrogens is 2. The summed E-state index contributed by atoms with van der Waals surface area (Å²) >= 11 is 0. The lowest BCUT2D eigenvalue weighted by Gasteiger charge is -2.25. The molecule has 2 fully saturated rings. The highest BCUT2D eigenvalue weighted by Gasteiger charge is 2.41. The molecule has 1 aromatic heterocycles. The number of amides is 1. The molecule has 1 amide bonds. The van der Waals surface area contributed by atoms with Gasteiger partial charge in [0.05, 0.1) is 17.8 Å². The molecule has 2 aromatic rings. The summed E-state index contributed by atoms with van der Waals surface area (Å²) in [6, 6.07) is 3.89. The predicted molar refractivity (Wildman–Crippen MR) is 115 cm³/mol. The van der Waals surface area contributed by atoms with Gasteiger partial charge in [0.2, 0.25) is 5.91 Å². The quantitative estimate of drug-likeness (QED) is 0.696. The number of fused-ring (bicyclic) bond motifs is 3. The van der Waals surface area contributed by atoms with E-state index in [1.54, 1.807) is 12.9 Å². The molecule has 0 unspecified atom stereocenters. The van der Waals surface area contributed by atoms with E-state index in [4.69, 9.17) is 15.2 Å². The minimum atomic E-state index is -2.73. The van der Waals surface area contributed by atoms with Crippen LogP contribution in [0.2, 0.25) is 0 Å². The molecular formula is C22H23F2N5O4. The minimum absolute atomic E-state index is 0.233. The van der Waals surface area contributed by atoms with Gasteiger partial charge in [0, 0.05) is 18.3 Å². The molecule has 2 saturated heterocycles. The lowest BCUT2D eigenvalue weighted by atomic mass is 10.1. The maximum absolute atomic E-state index is 13.6. The number of nitrogens with zero attached hydrogens (tertiary/aromatic N) is 4. The molecule has 174 valence electrons. The van der Waals surface area contributed by atoms with Crippen LogP contribution in [0.25, 0.3) is 11.4 Å². The second-order valence-corrected chi connectivity index (χ2v) is 8.27. The van der Waals surface area contributed by atoms with Crippen molar-refractivity contribution in [3.05, 3.63) is 29.8 Å². The molecule has 1 aromatic carbocycles. The second-order valence-electron chi connectivity index (χ2n) is 8.27. The van der Waals surface area contributed by atoms with Crippen molar-refractivity contribution in [2.24, 2.45) is 5.73 Å². The van der Waals surface area contributed by atoms with Gasteiger partial charge in [0.15, 0.2) is 11.8 Å². The average molecular weight is 459 g/mol. The first kappa shape index (κ1) is 21.3. The summed E-state index contributed by atoms with van der Waals surface area (Å²) in [5.41, 5.74) is 7.69. The smallest absolute Gasteiger partial charge is 0.284 e. The van der Waals surface area contributed by atoms with Crippen LogP contribution >= 0.6 is 0 Å². The number of halogens is 2. The number of primary amides is 1. The maximum atomic E-state index is 13.6. The molecule has 2 N–H and O–H groups in total. The first-order valence-corrected chi connectivity index (χ1v) is 10.8. The summed E-state index contributed by atoms with van der Waals surface area (Å²) in [5, 5.41) is 0. The van der Waals surface area contributed by atoms with Crippen molar-refractivity contribution in [3.8, 4) is 17.1 Å². The number of anilines is 2. The van der Waals surface area contributed by atoms with E-state index < -0.39 is 12.5 Å². The van der Waals surface area contributed by atoms with Gasteiger partial charge in [-0.2, -0.15) is 0 Å². The van der Waals surface area contributed by atoms with Crippen molar-refractivity contribution in [2.75, 3.05) is 29.6 Å². The van der Waals surface area contributed by atoms with Crippen LogP contribution < -0.4 is 20.3 Å². The fraction of sp³-hybridized carbons (Fsp3) is 0.455. The molecule has 11 heteroatoms. The summed E-state index contributed by atoms with van der Waals surface area (Å²) in [5.74, 6) is 2.30. The third-order valence-corrected chi connectivity index (χ3v) is 6.43. The summed E-state index contributed by atoms with van der Waals surface area (Å²) in [6.45, 7) is 2.94. The number of alkyl halides is 2. The number of carbonyl (C=O) groups excluding carboxylic acids is 2. The number of carbonyl (C=O) groups is 1. The van der Waals surface area contributed by atoms with Gasteiger partial charge >= 0.3 is 0 Å². The molecule has 0 radical (unpaired) electrons. The topological polar surface area (TPSA) is 103 Å². The monoisotopic (exact) mass is 459 g/mol. The van der Waals surface area contributed by atoms with Crippen LogP contribution in [0.4, 0.5) is 20.3 Å². The van der Waals surface area contributed by atoms with E-state index in [0.717, 1.165) is 23.6 Å². The van der Waals surface area contributed by atoms with Crippen molar-refractivity contribution < 1.29 is 27.8 Å². The third kappa shape index (κ3) is 3.39. The molecule has 2 atom stereocenters. The van der Waals surface area contributed by atoms with Crippen LogP contribution in [0.15, 0.2) is 24.1 Å². The van der Waals surface area contributed by atoms with Crippen LogP contribution in [0.3, 0.4) is 0 Å². The van der Waals surface area contributed by atoms with Gasteiger partial charge in [-0.3, -0.25) is 9.69 Å². The molecule has 9 nitrogen and oxygen atoms in total. The second kappa shape index (κ2) is 8.08. The predicted octanol–water partition coefficient (Wildman–Crippen LogP) is 1.85. The molecule has 0 saturated carbocycles. The number of hydrogen-bond donors (Lipinski definition) is 1. The molecule has 3 aliphatic heterocycles. The Morgan fingerprint density at radius 3 is 2.85 bits per heavy atom. The SMILES string of the molecule is Cc1c(N2C(=C=O)OC[C@H]2C(F)F)nc2n1CCOc1cc(N3CCC[C@H]3C(N)=O)ccc1-2. The maximum Gasteiger partial charge on any atom is 0.284 e. The van der Waals surface area contributed by atoms with Gasteiger partial charge < -0.3 is 24.7 Å². The Balaban J connectivity index is 1.57. The zero-order valence-corrected chi connectivity index (χ0v) is 18.0. The molecule has 33 heavy (non-hydrogen) atoms. The Hall–Kier alpha value is -3.59. The summed E-state index contributed by atoms with van der Waals surface area (Å²) < 4.78 is 40.3. The van der Waals surface area contributed by atoms with Gasteiger partial charge in [-0.1, -0.05) is 0 Å². The number of nitrogens with two attached hydrogens (primary N) is 1. The largest absolute Gasteiger partial charge is 0.491 e. The first-order valence-electron chi connectivity index (χ1n) is 10.8. The van der Waals surface area contributed by atoms with Gasteiger partial charge in [-0.05, 0) is 31.9 Å². The van der Waals surface area contributed by atoms with Gasteiger partial charge in [-0.25, -0.2) is 18.6 Å². The summed E-state index contributed by atoms with van der Waals surface area (Å²) in [6.07, 6.45) is -1.15. The first-order chi connectivity index (χ1) is 15.9. The molecular weight excluding hydrogens is 436 g/mol. The molecule has 0 bridgehead atoms. The molecule has 3 aliphatic rings. The van der Waals surface area contributed by atoms with E-state index >= 15 is 0 Å². The van der Waals surface area contributed by atoms with E-state index in [0.29, 0.717) is 42.4 Å². The normalized spacial score (nSPS) is 21.9. The van der Waals surface area contributed by atoms with E-state index in [1.165, 1.54) is 0 Å². The van der Waals surface area contributed by atoms with E-state index in [9.17, 15) is 18.4 Å². The zero-order valence-electron chi connectivity index (χ0n) is 18.0. The Kier molecular flexibility index (Phi) is 5.20. The molecule has 0 spiro atoms. The fourth-order valence-electron chi connectivity index (χ4n) is 4.82. The van der Waals surface area contributed by atoms with Crippen molar-refractivity contribution >= 4 is 23.4 Å². The van der Waals surface area contributed by atoms with Gasteiger partial charge in [-0.15, -0.1) is 0 Å². The van der Waals surface area contributed by atoms with Crippen LogP contribution in [-0.2, 0) is 20.9 Å². The highest BCUT2D eigenvalue weighted by atomic mass is 19.3. The average Bonchev–Trinajstić information content (AvgIpc) is 3.48. The van der Waals surface area contributed by atoms with Crippen molar-refractivity contribution in [1.29, 1.82) is 0 Å².